The quantitative estimate of drug-likeness (QED) is 0.793. The van der Waals surface area contributed by atoms with E-state index in [0.29, 0.717) is 0 Å². The number of hydrogen-bond acceptors (Lipinski definition) is 2. The van der Waals surface area contributed by atoms with Crippen LogP contribution in [0.15, 0.2) is 46.9 Å². The molecule has 5 heteroatoms. The summed E-state index contributed by atoms with van der Waals surface area (Å²) in [5.74, 6) is 0.0904. The average Bonchev–Trinajstić information content (AvgIpc) is 3.39. The molecule has 2 atom stereocenters. The zero-order valence-electron chi connectivity index (χ0n) is 15.3. The summed E-state index contributed by atoms with van der Waals surface area (Å²) in [6, 6.07) is 13.9. The van der Waals surface area contributed by atoms with Gasteiger partial charge in [-0.2, -0.15) is 0 Å². The van der Waals surface area contributed by atoms with Crippen molar-refractivity contribution in [2.75, 3.05) is 18.9 Å². The number of nitrogens with one attached hydrogen (secondary N) is 1. The molecule has 0 radical (unpaired) electrons. The number of amides is 2. The van der Waals surface area contributed by atoms with Crippen LogP contribution >= 0.6 is 15.9 Å². The molecule has 2 unspecified atom stereocenters. The van der Waals surface area contributed by atoms with Gasteiger partial charge in [-0.15, -0.1) is 0 Å². The molecule has 4 nitrogen and oxygen atoms in total. The lowest BCUT2D eigenvalue weighted by Gasteiger charge is -2.18. The van der Waals surface area contributed by atoms with Crippen molar-refractivity contribution in [3.05, 3.63) is 63.6 Å². The molecular weight excluding hydrogens is 392 g/mol. The molecule has 2 aromatic carbocycles. The van der Waals surface area contributed by atoms with E-state index in [4.69, 9.17) is 0 Å². The maximum absolute atomic E-state index is 12.6. The molecule has 2 amide bonds. The first-order valence-electron chi connectivity index (χ1n) is 8.73. The lowest BCUT2D eigenvalue weighted by atomic mass is 10.1. The third kappa shape index (κ3) is 4.15. The fraction of sp³-hybridized carbons (Fsp3) is 0.333. The van der Waals surface area contributed by atoms with Gasteiger partial charge < -0.3 is 10.2 Å². The summed E-state index contributed by atoms with van der Waals surface area (Å²) < 4.78 is 1.02. The van der Waals surface area contributed by atoms with Gasteiger partial charge in [-0.3, -0.25) is 9.59 Å². The highest BCUT2D eigenvalue weighted by atomic mass is 79.9. The van der Waals surface area contributed by atoms with Crippen molar-refractivity contribution in [2.45, 2.75) is 26.2 Å². The van der Waals surface area contributed by atoms with Gasteiger partial charge in [-0.05, 0) is 61.1 Å². The Morgan fingerprint density at radius 1 is 1.19 bits per heavy atom. The summed E-state index contributed by atoms with van der Waals surface area (Å²) in [6.07, 6.45) is 0.845. The van der Waals surface area contributed by atoms with E-state index in [-0.39, 0.29) is 30.2 Å². The van der Waals surface area contributed by atoms with E-state index in [2.05, 4.69) is 33.4 Å². The van der Waals surface area contributed by atoms with Gasteiger partial charge in [0.2, 0.25) is 11.8 Å². The molecule has 1 saturated carbocycles. The molecule has 0 aliphatic heterocycles. The van der Waals surface area contributed by atoms with Gasteiger partial charge >= 0.3 is 0 Å². The van der Waals surface area contributed by atoms with Crippen LogP contribution in [0.1, 0.15) is 29.0 Å². The summed E-state index contributed by atoms with van der Waals surface area (Å²) in [5, 5.41) is 2.91. The van der Waals surface area contributed by atoms with Gasteiger partial charge in [0.15, 0.2) is 0 Å². The average molecular weight is 415 g/mol. The number of nitrogens with zero attached hydrogens (tertiary/aromatic N) is 1. The highest BCUT2D eigenvalue weighted by molar-refractivity contribution is 9.10. The molecule has 1 fully saturated rings. The van der Waals surface area contributed by atoms with Crippen molar-refractivity contribution >= 4 is 33.4 Å². The van der Waals surface area contributed by atoms with Crippen molar-refractivity contribution in [3.8, 4) is 0 Å². The minimum atomic E-state index is -0.172. The molecular formula is C21H23BrN2O2. The fourth-order valence-corrected chi connectivity index (χ4v) is 3.64. The van der Waals surface area contributed by atoms with Crippen molar-refractivity contribution in [1.29, 1.82) is 0 Å². The Balaban J connectivity index is 1.56. The van der Waals surface area contributed by atoms with Crippen molar-refractivity contribution < 1.29 is 9.59 Å². The van der Waals surface area contributed by atoms with E-state index in [1.165, 1.54) is 10.5 Å². The molecule has 0 saturated heterocycles. The predicted octanol–water partition coefficient (Wildman–Crippen LogP) is 4.27. The minimum absolute atomic E-state index is 0.0252. The second kappa shape index (κ2) is 7.62. The van der Waals surface area contributed by atoms with Gasteiger partial charge in [0.1, 0.15) is 0 Å². The first kappa shape index (κ1) is 18.6. The van der Waals surface area contributed by atoms with E-state index >= 15 is 0 Å². The number of carbonyl (C=O) groups is 2. The molecule has 0 aromatic heterocycles. The van der Waals surface area contributed by atoms with E-state index in [1.54, 1.807) is 7.05 Å². The number of aryl methyl sites for hydroxylation is 1. The van der Waals surface area contributed by atoms with Crippen LogP contribution in [0, 0.1) is 19.8 Å². The van der Waals surface area contributed by atoms with E-state index in [9.17, 15) is 9.59 Å². The molecule has 1 aliphatic rings. The summed E-state index contributed by atoms with van der Waals surface area (Å²) >= 11 is 3.47. The van der Waals surface area contributed by atoms with Crippen LogP contribution in [0.5, 0.6) is 0 Å². The largest absolute Gasteiger partial charge is 0.336 e. The van der Waals surface area contributed by atoms with Crippen LogP contribution in [0.4, 0.5) is 5.69 Å². The zero-order valence-corrected chi connectivity index (χ0v) is 16.8. The number of benzene rings is 2. The minimum Gasteiger partial charge on any atom is -0.336 e. The van der Waals surface area contributed by atoms with Crippen LogP contribution in [0.2, 0.25) is 0 Å². The SMILES string of the molecule is Cc1cccc(NC(=O)CN(C)C(=O)C2CC2c2cccc(Br)c2)c1C. The van der Waals surface area contributed by atoms with Gasteiger partial charge in [0, 0.05) is 23.1 Å². The van der Waals surface area contributed by atoms with Crippen molar-refractivity contribution in [1.82, 2.24) is 4.90 Å². The standard InChI is InChI=1S/C21H23BrN2O2/c1-13-6-4-9-19(14(13)2)23-20(25)12-24(3)21(26)18-11-17(18)15-7-5-8-16(22)10-15/h4-10,17-18H,11-12H2,1-3H3,(H,23,25). The van der Waals surface area contributed by atoms with E-state index < -0.39 is 0 Å². The highest BCUT2D eigenvalue weighted by Crippen LogP contribution is 2.48. The fourth-order valence-electron chi connectivity index (χ4n) is 3.23. The molecule has 2 aromatic rings. The first-order chi connectivity index (χ1) is 12.4. The summed E-state index contributed by atoms with van der Waals surface area (Å²) in [7, 11) is 1.70. The zero-order chi connectivity index (χ0) is 18.8. The molecule has 0 bridgehead atoms. The summed E-state index contributed by atoms with van der Waals surface area (Å²) in [4.78, 5) is 26.5. The Morgan fingerprint density at radius 2 is 1.92 bits per heavy atom. The topological polar surface area (TPSA) is 49.4 Å². The van der Waals surface area contributed by atoms with Gasteiger partial charge in [0.05, 0.1) is 6.54 Å². The van der Waals surface area contributed by atoms with Crippen molar-refractivity contribution in [3.63, 3.8) is 0 Å². The van der Waals surface area contributed by atoms with Crippen molar-refractivity contribution in [2.24, 2.45) is 5.92 Å². The molecule has 1 N–H and O–H groups in total. The maximum atomic E-state index is 12.6. The van der Waals surface area contributed by atoms with Gasteiger partial charge in [0.25, 0.3) is 0 Å². The summed E-state index contributed by atoms with van der Waals surface area (Å²) in [5.41, 5.74) is 4.15. The molecule has 136 valence electrons. The van der Waals surface area contributed by atoms with Crippen LogP contribution in [0.25, 0.3) is 0 Å². The van der Waals surface area contributed by atoms with Crippen LogP contribution in [-0.4, -0.2) is 30.3 Å². The number of anilines is 1. The van der Waals surface area contributed by atoms with Crippen LogP contribution < -0.4 is 5.32 Å². The molecule has 0 heterocycles. The monoisotopic (exact) mass is 414 g/mol. The Hall–Kier alpha value is -2.14. The maximum Gasteiger partial charge on any atom is 0.243 e. The van der Waals surface area contributed by atoms with Gasteiger partial charge in [-0.25, -0.2) is 0 Å². The Kier molecular flexibility index (Phi) is 5.47. The smallest absolute Gasteiger partial charge is 0.243 e. The number of likely N-dealkylation sites (N-methyl/N-ethyl adjacent to an activating group) is 1. The second-order valence-electron chi connectivity index (χ2n) is 6.99. The van der Waals surface area contributed by atoms with E-state index in [0.717, 1.165) is 27.7 Å². The normalized spacial score (nSPS) is 18.3. The predicted molar refractivity (Wildman–Crippen MR) is 107 cm³/mol. The Morgan fingerprint density at radius 3 is 2.65 bits per heavy atom. The number of hydrogen-bond donors (Lipinski definition) is 1. The lowest BCUT2D eigenvalue weighted by molar-refractivity contribution is -0.134. The van der Waals surface area contributed by atoms with Gasteiger partial charge in [-0.1, -0.05) is 40.2 Å². The van der Waals surface area contributed by atoms with Crippen LogP contribution in [-0.2, 0) is 9.59 Å². The first-order valence-corrected chi connectivity index (χ1v) is 9.52. The third-order valence-corrected chi connectivity index (χ3v) is 5.51. The molecule has 26 heavy (non-hydrogen) atoms. The molecule has 1 aliphatic carbocycles. The number of halogens is 1. The summed E-state index contributed by atoms with van der Waals surface area (Å²) in [6.45, 7) is 4.05. The number of carbonyl (C=O) groups excluding carboxylic acids is 2. The molecule has 0 spiro atoms. The lowest BCUT2D eigenvalue weighted by Crippen LogP contribution is -2.36. The van der Waals surface area contributed by atoms with E-state index in [1.807, 2.05) is 44.2 Å². The Bertz CT molecular complexity index is 850. The third-order valence-electron chi connectivity index (χ3n) is 5.02. The number of rotatable bonds is 5. The molecule has 3 rings (SSSR count). The Labute approximate surface area is 162 Å². The second-order valence-corrected chi connectivity index (χ2v) is 7.91. The van der Waals surface area contributed by atoms with Crippen LogP contribution in [0.3, 0.4) is 0 Å². The highest BCUT2D eigenvalue weighted by Gasteiger charge is 2.45.